The molecule has 1 heterocycles. The van der Waals surface area contributed by atoms with E-state index in [0.717, 1.165) is 21.9 Å². The lowest BCUT2D eigenvalue weighted by Crippen LogP contribution is -2.35. The Balaban J connectivity index is 1.68. The monoisotopic (exact) mass is 537 g/mol. The number of rotatable bonds is 10. The van der Waals surface area contributed by atoms with E-state index >= 15 is 0 Å². The molecule has 0 aliphatic heterocycles. The van der Waals surface area contributed by atoms with Crippen molar-refractivity contribution in [3.8, 4) is 5.69 Å². The number of aliphatic hydroxyl groups is 1. The number of amides is 1. The van der Waals surface area contributed by atoms with Crippen LogP contribution in [0.25, 0.3) is 5.69 Å². The molecule has 0 saturated carbocycles. The molecule has 204 valence electrons. The molecule has 5 N–H and O–H groups in total. The van der Waals surface area contributed by atoms with Crippen LogP contribution in [0.5, 0.6) is 0 Å². The number of nitrogens with zero attached hydrogens (tertiary/aromatic N) is 2. The Morgan fingerprint density at radius 2 is 1.72 bits per heavy atom. The van der Waals surface area contributed by atoms with Crippen LogP contribution in [0.3, 0.4) is 0 Å². The van der Waals surface area contributed by atoms with Crippen molar-refractivity contribution in [1.82, 2.24) is 15.1 Å². The minimum atomic E-state index is -4.73. The summed E-state index contributed by atoms with van der Waals surface area (Å²) in [6, 6.07) is 23.5. The fourth-order valence-electron chi connectivity index (χ4n) is 4.25. The van der Waals surface area contributed by atoms with Crippen LogP contribution in [-0.2, 0) is 12.7 Å². The Labute approximate surface area is 224 Å². The van der Waals surface area contributed by atoms with Crippen molar-refractivity contribution in [2.75, 3.05) is 11.9 Å². The topological polar surface area (TPSA) is 105 Å². The largest absolute Gasteiger partial charge is 0.435 e. The second-order valence-electron chi connectivity index (χ2n) is 9.08. The molecule has 1 aromatic heterocycles. The van der Waals surface area contributed by atoms with Crippen LogP contribution >= 0.6 is 0 Å². The van der Waals surface area contributed by atoms with E-state index in [1.807, 2.05) is 43.3 Å². The first kappa shape index (κ1) is 28.0. The lowest BCUT2D eigenvalue weighted by atomic mass is 9.97. The van der Waals surface area contributed by atoms with Gasteiger partial charge in [-0.2, -0.15) is 18.3 Å². The highest BCUT2D eigenvalue weighted by atomic mass is 19.4. The van der Waals surface area contributed by atoms with Gasteiger partial charge in [0.2, 0.25) is 0 Å². The molecule has 0 fully saturated rings. The number of nitrogens with one attached hydrogen (secondary N) is 2. The standard InChI is InChI=1S/C29H30F3N5O2/c1-2-22(18-38)34-27(20-9-4-3-5-10-20)21-11-7-12-23(15-21)35-28(39)25-16-26(29(30,31)32)36-37(25)24-13-6-8-19(14-24)17-33/h3-16,22,27,34,38H,2,17-18,33H2,1H3,(H,35,39). The van der Waals surface area contributed by atoms with E-state index in [-0.39, 0.29) is 36.6 Å². The number of halogens is 3. The molecule has 0 bridgehead atoms. The minimum absolute atomic E-state index is 0.0485. The molecule has 4 rings (SSSR count). The molecule has 4 aromatic rings. The molecule has 0 saturated heterocycles. The van der Waals surface area contributed by atoms with Gasteiger partial charge in [0.1, 0.15) is 5.69 Å². The minimum Gasteiger partial charge on any atom is -0.395 e. The molecule has 10 heteroatoms. The van der Waals surface area contributed by atoms with Gasteiger partial charge in [-0.25, -0.2) is 4.68 Å². The molecule has 39 heavy (non-hydrogen) atoms. The highest BCUT2D eigenvalue weighted by Crippen LogP contribution is 2.30. The predicted molar refractivity (Wildman–Crippen MR) is 143 cm³/mol. The van der Waals surface area contributed by atoms with Crippen molar-refractivity contribution in [3.63, 3.8) is 0 Å². The number of carbonyl (C=O) groups excluding carboxylic acids is 1. The van der Waals surface area contributed by atoms with E-state index < -0.39 is 17.8 Å². The number of hydrogen-bond acceptors (Lipinski definition) is 5. The number of benzene rings is 3. The summed E-state index contributed by atoms with van der Waals surface area (Å²) in [4.78, 5) is 13.3. The van der Waals surface area contributed by atoms with E-state index in [1.54, 1.807) is 42.5 Å². The number of anilines is 1. The third-order valence-corrected chi connectivity index (χ3v) is 6.35. The molecule has 0 radical (unpaired) electrons. The highest BCUT2D eigenvalue weighted by molar-refractivity contribution is 6.03. The molecular weight excluding hydrogens is 507 g/mol. The van der Waals surface area contributed by atoms with Gasteiger partial charge in [-0.3, -0.25) is 4.79 Å². The summed E-state index contributed by atoms with van der Waals surface area (Å²) in [6.45, 7) is 2.10. The van der Waals surface area contributed by atoms with Gasteiger partial charge >= 0.3 is 6.18 Å². The molecule has 7 nitrogen and oxygen atoms in total. The molecule has 1 amide bonds. The summed E-state index contributed by atoms with van der Waals surface area (Å²) in [5.41, 5.74) is 7.38. The Bertz CT molecular complexity index is 1400. The summed E-state index contributed by atoms with van der Waals surface area (Å²) >= 11 is 0. The van der Waals surface area contributed by atoms with Crippen molar-refractivity contribution >= 4 is 11.6 Å². The van der Waals surface area contributed by atoms with Gasteiger partial charge < -0.3 is 21.5 Å². The van der Waals surface area contributed by atoms with E-state index in [4.69, 9.17) is 5.73 Å². The van der Waals surface area contributed by atoms with Gasteiger partial charge in [-0.05, 0) is 47.4 Å². The molecule has 2 unspecified atom stereocenters. The highest BCUT2D eigenvalue weighted by Gasteiger charge is 2.36. The third kappa shape index (κ3) is 6.72. The summed E-state index contributed by atoms with van der Waals surface area (Å²) in [7, 11) is 0. The number of aliphatic hydroxyl groups excluding tert-OH is 1. The molecule has 0 spiro atoms. The molecule has 0 aliphatic carbocycles. The summed E-state index contributed by atoms with van der Waals surface area (Å²) in [5, 5.41) is 19.6. The molecule has 0 aliphatic rings. The van der Waals surface area contributed by atoms with Crippen LogP contribution < -0.4 is 16.4 Å². The Kier molecular flexibility index (Phi) is 8.80. The number of carbonyl (C=O) groups is 1. The van der Waals surface area contributed by atoms with Gasteiger partial charge in [0.05, 0.1) is 18.3 Å². The normalized spacial score (nSPS) is 13.2. The van der Waals surface area contributed by atoms with Gasteiger partial charge in [0, 0.05) is 24.3 Å². The zero-order valence-corrected chi connectivity index (χ0v) is 21.3. The van der Waals surface area contributed by atoms with Crippen molar-refractivity contribution < 1.29 is 23.1 Å². The fraction of sp³-hybridized carbons (Fsp3) is 0.241. The van der Waals surface area contributed by atoms with Crippen molar-refractivity contribution in [2.24, 2.45) is 5.73 Å². The Hall–Kier alpha value is -3.99. The number of hydrogen-bond donors (Lipinski definition) is 4. The SMILES string of the molecule is CCC(CO)NC(c1ccccc1)c1cccc(NC(=O)c2cc(C(F)(F)F)nn2-c2cccc(CN)c2)c1. The second kappa shape index (κ2) is 12.2. The van der Waals surface area contributed by atoms with Crippen LogP contribution in [0.1, 0.15) is 52.3 Å². The van der Waals surface area contributed by atoms with Gasteiger partial charge in [0.15, 0.2) is 5.69 Å². The summed E-state index contributed by atoms with van der Waals surface area (Å²) < 4.78 is 41.6. The Morgan fingerprint density at radius 3 is 2.38 bits per heavy atom. The number of aromatic nitrogens is 2. The average Bonchev–Trinajstić information content (AvgIpc) is 3.41. The van der Waals surface area contributed by atoms with Gasteiger partial charge in [-0.1, -0.05) is 61.5 Å². The lowest BCUT2D eigenvalue weighted by Gasteiger charge is -2.25. The molecular formula is C29H30F3N5O2. The van der Waals surface area contributed by atoms with Crippen molar-refractivity contribution in [3.05, 3.63) is 113 Å². The maximum absolute atomic E-state index is 13.5. The van der Waals surface area contributed by atoms with Crippen LogP contribution in [0.15, 0.2) is 84.9 Å². The van der Waals surface area contributed by atoms with Crippen molar-refractivity contribution in [2.45, 2.75) is 38.1 Å². The molecule has 3 aromatic carbocycles. The first-order valence-electron chi connectivity index (χ1n) is 12.5. The Morgan fingerprint density at radius 1 is 1.00 bits per heavy atom. The first-order chi connectivity index (χ1) is 18.7. The molecule has 2 atom stereocenters. The van der Waals surface area contributed by atoms with Crippen LogP contribution in [0, 0.1) is 0 Å². The summed E-state index contributed by atoms with van der Waals surface area (Å²) in [5.74, 6) is -0.751. The van der Waals surface area contributed by atoms with Crippen molar-refractivity contribution in [1.29, 1.82) is 0 Å². The second-order valence-corrected chi connectivity index (χ2v) is 9.08. The van der Waals surface area contributed by atoms with E-state index in [9.17, 15) is 23.1 Å². The lowest BCUT2D eigenvalue weighted by molar-refractivity contribution is -0.141. The third-order valence-electron chi connectivity index (χ3n) is 6.35. The zero-order valence-electron chi connectivity index (χ0n) is 21.3. The van der Waals surface area contributed by atoms with Gasteiger partial charge in [0.25, 0.3) is 5.91 Å². The maximum atomic E-state index is 13.5. The van der Waals surface area contributed by atoms with Crippen LogP contribution in [0.2, 0.25) is 0 Å². The van der Waals surface area contributed by atoms with Crippen LogP contribution in [0.4, 0.5) is 18.9 Å². The number of nitrogens with two attached hydrogens (primary N) is 1. The maximum Gasteiger partial charge on any atom is 0.435 e. The predicted octanol–water partition coefficient (Wildman–Crippen LogP) is 5.05. The number of alkyl halides is 3. The van der Waals surface area contributed by atoms with Gasteiger partial charge in [-0.15, -0.1) is 0 Å². The average molecular weight is 538 g/mol. The van der Waals surface area contributed by atoms with E-state index in [1.165, 1.54) is 0 Å². The fourth-order valence-corrected chi connectivity index (χ4v) is 4.25. The first-order valence-corrected chi connectivity index (χ1v) is 12.5. The van der Waals surface area contributed by atoms with Crippen LogP contribution in [-0.4, -0.2) is 33.4 Å². The van der Waals surface area contributed by atoms with E-state index in [2.05, 4.69) is 15.7 Å². The summed E-state index contributed by atoms with van der Waals surface area (Å²) in [6.07, 6.45) is -4.03. The van der Waals surface area contributed by atoms with E-state index in [0.29, 0.717) is 17.7 Å². The zero-order chi connectivity index (χ0) is 28.0. The quantitative estimate of drug-likeness (QED) is 0.227. The smallest absolute Gasteiger partial charge is 0.395 e.